The van der Waals surface area contributed by atoms with E-state index in [1.807, 2.05) is 12.1 Å². The first-order chi connectivity index (χ1) is 10.6. The number of ether oxygens (including phenoxy) is 1. The van der Waals surface area contributed by atoms with Gasteiger partial charge in [0.25, 0.3) is 5.91 Å². The van der Waals surface area contributed by atoms with Gasteiger partial charge in [0.2, 0.25) is 0 Å². The molecule has 0 aromatic heterocycles. The summed E-state index contributed by atoms with van der Waals surface area (Å²) in [5, 5.41) is 12.2. The van der Waals surface area contributed by atoms with Crippen LogP contribution >= 0.6 is 0 Å². The lowest BCUT2D eigenvalue weighted by atomic mass is 10.0. The third-order valence-corrected chi connectivity index (χ3v) is 4.17. The standard InChI is InChI=1S/C16H20N2O4/c19-14(20)8-11-9-17-5-6-18(10-11)16(21)13-3-1-2-12-4-7-22-15(12)13/h1-3,11,17H,4-10H2,(H,19,20)/t11-/m0/s1. The Morgan fingerprint density at radius 1 is 1.41 bits per heavy atom. The number of hydrogen-bond donors (Lipinski definition) is 2. The van der Waals surface area contributed by atoms with E-state index in [0.717, 1.165) is 12.0 Å². The van der Waals surface area contributed by atoms with Gasteiger partial charge in [-0.1, -0.05) is 12.1 Å². The fraction of sp³-hybridized carbons (Fsp3) is 0.500. The minimum Gasteiger partial charge on any atom is -0.492 e. The number of aliphatic carboxylic acids is 1. The van der Waals surface area contributed by atoms with Crippen molar-refractivity contribution in [2.75, 3.05) is 32.8 Å². The highest BCUT2D eigenvalue weighted by molar-refractivity contribution is 5.97. The monoisotopic (exact) mass is 304 g/mol. The predicted octanol–water partition coefficient (Wildman–Crippen LogP) is 0.758. The largest absolute Gasteiger partial charge is 0.492 e. The van der Waals surface area contributed by atoms with Crippen LogP contribution in [0.5, 0.6) is 5.75 Å². The van der Waals surface area contributed by atoms with Crippen LogP contribution in [0.25, 0.3) is 0 Å². The molecule has 1 fully saturated rings. The summed E-state index contributed by atoms with van der Waals surface area (Å²) in [6.07, 6.45) is 0.903. The fourth-order valence-corrected chi connectivity index (χ4v) is 3.11. The zero-order chi connectivity index (χ0) is 15.5. The van der Waals surface area contributed by atoms with Crippen molar-refractivity contribution in [2.24, 2.45) is 5.92 Å². The van der Waals surface area contributed by atoms with Crippen LogP contribution in [-0.4, -0.2) is 54.7 Å². The summed E-state index contributed by atoms with van der Waals surface area (Å²) in [6, 6.07) is 5.65. The molecule has 0 bridgehead atoms. The van der Waals surface area contributed by atoms with Crippen molar-refractivity contribution in [1.82, 2.24) is 10.2 Å². The van der Waals surface area contributed by atoms with Crippen molar-refractivity contribution >= 4 is 11.9 Å². The average Bonchev–Trinajstić information content (AvgIpc) is 2.86. The van der Waals surface area contributed by atoms with Crippen LogP contribution in [0.15, 0.2) is 18.2 Å². The Hall–Kier alpha value is -2.08. The Balaban J connectivity index is 1.79. The van der Waals surface area contributed by atoms with Gasteiger partial charge in [-0.3, -0.25) is 9.59 Å². The van der Waals surface area contributed by atoms with Gasteiger partial charge in [-0.2, -0.15) is 0 Å². The minimum atomic E-state index is -0.829. The van der Waals surface area contributed by atoms with Crippen molar-refractivity contribution in [2.45, 2.75) is 12.8 Å². The molecule has 1 aromatic rings. The second-order valence-corrected chi connectivity index (χ2v) is 5.81. The summed E-state index contributed by atoms with van der Waals surface area (Å²) in [7, 11) is 0. The second kappa shape index (κ2) is 6.36. The first-order valence-corrected chi connectivity index (χ1v) is 7.61. The Kier molecular flexibility index (Phi) is 4.29. The first-order valence-electron chi connectivity index (χ1n) is 7.61. The highest BCUT2D eigenvalue weighted by Gasteiger charge is 2.28. The third kappa shape index (κ3) is 3.06. The maximum atomic E-state index is 12.8. The fourth-order valence-electron chi connectivity index (χ4n) is 3.11. The molecule has 1 atom stereocenters. The smallest absolute Gasteiger partial charge is 0.303 e. The summed E-state index contributed by atoms with van der Waals surface area (Å²) >= 11 is 0. The predicted molar refractivity (Wildman–Crippen MR) is 80.2 cm³/mol. The highest BCUT2D eigenvalue weighted by Crippen LogP contribution is 2.30. The molecule has 6 nitrogen and oxygen atoms in total. The van der Waals surface area contributed by atoms with Crippen LogP contribution in [0.4, 0.5) is 0 Å². The molecule has 3 rings (SSSR count). The number of carboxylic acid groups (broad SMARTS) is 1. The molecule has 22 heavy (non-hydrogen) atoms. The van der Waals surface area contributed by atoms with E-state index in [9.17, 15) is 9.59 Å². The lowest BCUT2D eigenvalue weighted by Gasteiger charge is -2.24. The number of carbonyl (C=O) groups is 2. The van der Waals surface area contributed by atoms with Gasteiger partial charge in [-0.25, -0.2) is 0 Å². The Labute approximate surface area is 129 Å². The normalized spacial score (nSPS) is 20.9. The van der Waals surface area contributed by atoms with Crippen LogP contribution in [0.1, 0.15) is 22.3 Å². The van der Waals surface area contributed by atoms with Gasteiger partial charge >= 0.3 is 5.97 Å². The summed E-state index contributed by atoms with van der Waals surface area (Å²) in [6.45, 7) is 2.96. The van der Waals surface area contributed by atoms with E-state index >= 15 is 0 Å². The van der Waals surface area contributed by atoms with Gasteiger partial charge < -0.3 is 20.1 Å². The number of nitrogens with one attached hydrogen (secondary N) is 1. The molecule has 2 N–H and O–H groups in total. The molecular weight excluding hydrogens is 284 g/mol. The number of carbonyl (C=O) groups excluding carboxylic acids is 1. The molecule has 118 valence electrons. The number of hydrogen-bond acceptors (Lipinski definition) is 4. The maximum Gasteiger partial charge on any atom is 0.303 e. The molecule has 0 unspecified atom stereocenters. The SMILES string of the molecule is O=C(O)C[C@H]1CNCCN(C(=O)c2cccc3c2OCC3)C1. The molecule has 1 aromatic carbocycles. The van der Waals surface area contributed by atoms with Crippen LogP contribution in [0, 0.1) is 5.92 Å². The molecule has 0 radical (unpaired) electrons. The van der Waals surface area contributed by atoms with Gasteiger partial charge in [0.15, 0.2) is 0 Å². The van der Waals surface area contributed by atoms with E-state index in [4.69, 9.17) is 9.84 Å². The second-order valence-electron chi connectivity index (χ2n) is 5.81. The number of rotatable bonds is 3. The average molecular weight is 304 g/mol. The number of fused-ring (bicyclic) bond motifs is 1. The molecular formula is C16H20N2O4. The number of para-hydroxylation sites is 1. The van der Waals surface area contributed by atoms with Crippen molar-refractivity contribution in [3.8, 4) is 5.75 Å². The van der Waals surface area contributed by atoms with Crippen molar-refractivity contribution < 1.29 is 19.4 Å². The minimum absolute atomic E-state index is 0.0679. The number of amides is 1. The topological polar surface area (TPSA) is 78.9 Å². The molecule has 0 aliphatic carbocycles. The summed E-state index contributed by atoms with van der Waals surface area (Å²) in [5.74, 6) is -0.274. The van der Waals surface area contributed by atoms with E-state index < -0.39 is 5.97 Å². The van der Waals surface area contributed by atoms with Gasteiger partial charge in [0.1, 0.15) is 5.75 Å². The van der Waals surface area contributed by atoms with E-state index in [1.165, 1.54) is 0 Å². The quantitative estimate of drug-likeness (QED) is 0.862. The van der Waals surface area contributed by atoms with Crippen LogP contribution in [0.3, 0.4) is 0 Å². The van der Waals surface area contributed by atoms with Gasteiger partial charge in [-0.15, -0.1) is 0 Å². The zero-order valence-electron chi connectivity index (χ0n) is 12.4. The van der Waals surface area contributed by atoms with E-state index in [0.29, 0.717) is 44.1 Å². The molecule has 2 aliphatic rings. The third-order valence-electron chi connectivity index (χ3n) is 4.17. The first kappa shape index (κ1) is 14.8. The maximum absolute atomic E-state index is 12.8. The van der Waals surface area contributed by atoms with E-state index in [1.54, 1.807) is 11.0 Å². The van der Waals surface area contributed by atoms with Crippen LogP contribution in [0.2, 0.25) is 0 Å². The molecule has 2 heterocycles. The number of nitrogens with zero attached hydrogens (tertiary/aromatic N) is 1. The molecule has 1 amide bonds. The van der Waals surface area contributed by atoms with E-state index in [2.05, 4.69) is 5.32 Å². The Bertz CT molecular complexity index is 588. The number of benzene rings is 1. The lowest BCUT2D eigenvalue weighted by molar-refractivity contribution is -0.138. The van der Waals surface area contributed by atoms with Crippen molar-refractivity contribution in [3.63, 3.8) is 0 Å². The Morgan fingerprint density at radius 2 is 2.27 bits per heavy atom. The summed E-state index contributed by atoms with van der Waals surface area (Å²) in [4.78, 5) is 25.5. The summed E-state index contributed by atoms with van der Waals surface area (Å²) < 4.78 is 5.61. The molecule has 0 saturated carbocycles. The van der Waals surface area contributed by atoms with Gasteiger partial charge in [-0.05, 0) is 17.5 Å². The van der Waals surface area contributed by atoms with Crippen LogP contribution < -0.4 is 10.1 Å². The molecule has 0 spiro atoms. The molecule has 1 saturated heterocycles. The highest BCUT2D eigenvalue weighted by atomic mass is 16.5. The van der Waals surface area contributed by atoms with Crippen molar-refractivity contribution in [3.05, 3.63) is 29.3 Å². The van der Waals surface area contributed by atoms with Crippen molar-refractivity contribution in [1.29, 1.82) is 0 Å². The van der Waals surface area contributed by atoms with Gasteiger partial charge in [0.05, 0.1) is 18.6 Å². The van der Waals surface area contributed by atoms with Crippen LogP contribution in [-0.2, 0) is 11.2 Å². The zero-order valence-corrected chi connectivity index (χ0v) is 12.4. The summed E-state index contributed by atoms with van der Waals surface area (Å²) in [5.41, 5.74) is 1.66. The molecule has 6 heteroatoms. The lowest BCUT2D eigenvalue weighted by Crippen LogP contribution is -2.36. The number of carboxylic acids is 1. The molecule has 2 aliphatic heterocycles. The van der Waals surface area contributed by atoms with Gasteiger partial charge in [0, 0.05) is 32.6 Å². The van der Waals surface area contributed by atoms with E-state index in [-0.39, 0.29) is 18.2 Å². The Morgan fingerprint density at radius 3 is 3.09 bits per heavy atom.